The first-order chi connectivity index (χ1) is 12.6. The lowest BCUT2D eigenvalue weighted by Crippen LogP contribution is -2.16. The van der Waals surface area contributed by atoms with Crippen LogP contribution in [0.5, 0.6) is 5.75 Å². The zero-order valence-corrected chi connectivity index (χ0v) is 15.3. The standard InChI is InChI=1S/C18H17F2NO5S/c1-11(22)12-3-8-16(26-2)13(9-12)10-17(23)21-14-4-6-15(7-5-14)27(24,25)18(19)20/h3-9,18H,10H2,1-2H3,(H,21,23). The number of sulfone groups is 1. The van der Waals surface area contributed by atoms with Crippen LogP contribution in [0.15, 0.2) is 47.4 Å². The molecule has 0 atom stereocenters. The summed E-state index contributed by atoms with van der Waals surface area (Å²) >= 11 is 0. The van der Waals surface area contributed by atoms with E-state index >= 15 is 0 Å². The smallest absolute Gasteiger partial charge is 0.341 e. The summed E-state index contributed by atoms with van der Waals surface area (Å²) in [5.41, 5.74) is 1.18. The third-order valence-electron chi connectivity index (χ3n) is 3.74. The van der Waals surface area contributed by atoms with Crippen molar-refractivity contribution in [1.29, 1.82) is 0 Å². The molecule has 0 saturated heterocycles. The molecule has 0 bridgehead atoms. The molecule has 0 aliphatic carbocycles. The Bertz CT molecular complexity index is 956. The first kappa shape index (κ1) is 20.5. The largest absolute Gasteiger partial charge is 0.496 e. The highest BCUT2D eigenvalue weighted by Crippen LogP contribution is 2.23. The minimum Gasteiger partial charge on any atom is -0.496 e. The Hall–Kier alpha value is -2.81. The van der Waals surface area contributed by atoms with E-state index < -0.39 is 26.4 Å². The Balaban J connectivity index is 2.15. The van der Waals surface area contributed by atoms with Crippen LogP contribution in [-0.4, -0.2) is 33.0 Å². The normalized spacial score (nSPS) is 11.3. The second kappa shape index (κ2) is 8.26. The fraction of sp³-hybridized carbons (Fsp3) is 0.222. The van der Waals surface area contributed by atoms with Gasteiger partial charge in [-0.25, -0.2) is 8.42 Å². The van der Waals surface area contributed by atoms with Gasteiger partial charge in [-0.3, -0.25) is 9.59 Å². The molecule has 0 aliphatic heterocycles. The highest BCUT2D eigenvalue weighted by atomic mass is 32.2. The number of alkyl halides is 2. The number of ketones is 1. The van der Waals surface area contributed by atoms with Crippen LogP contribution in [0.25, 0.3) is 0 Å². The van der Waals surface area contributed by atoms with Crippen LogP contribution in [-0.2, 0) is 21.1 Å². The van der Waals surface area contributed by atoms with E-state index in [4.69, 9.17) is 4.74 Å². The molecule has 0 unspecified atom stereocenters. The number of carbonyl (C=O) groups excluding carboxylic acids is 2. The van der Waals surface area contributed by atoms with E-state index in [2.05, 4.69) is 5.32 Å². The third-order valence-corrected chi connectivity index (χ3v) is 5.14. The summed E-state index contributed by atoms with van der Waals surface area (Å²) in [5, 5.41) is 2.54. The van der Waals surface area contributed by atoms with Crippen LogP contribution in [0.3, 0.4) is 0 Å². The van der Waals surface area contributed by atoms with Crippen LogP contribution < -0.4 is 10.1 Å². The maximum atomic E-state index is 12.5. The van der Waals surface area contributed by atoms with Crippen LogP contribution in [0.4, 0.5) is 14.5 Å². The lowest BCUT2D eigenvalue weighted by Gasteiger charge is -2.11. The molecule has 27 heavy (non-hydrogen) atoms. The molecule has 0 aromatic heterocycles. The predicted octanol–water partition coefficient (Wildman–Crippen LogP) is 3.08. The fourth-order valence-electron chi connectivity index (χ4n) is 2.34. The summed E-state index contributed by atoms with van der Waals surface area (Å²) in [6, 6.07) is 9.15. The van der Waals surface area contributed by atoms with Gasteiger partial charge in [0.1, 0.15) is 5.75 Å². The lowest BCUT2D eigenvalue weighted by molar-refractivity contribution is -0.115. The van der Waals surface area contributed by atoms with E-state index in [1.54, 1.807) is 18.2 Å². The van der Waals surface area contributed by atoms with E-state index in [0.29, 0.717) is 16.9 Å². The Morgan fingerprint density at radius 2 is 1.74 bits per heavy atom. The number of halogens is 2. The van der Waals surface area contributed by atoms with Gasteiger partial charge in [0, 0.05) is 16.8 Å². The number of methoxy groups -OCH3 is 1. The van der Waals surface area contributed by atoms with Crippen molar-refractivity contribution < 1.29 is 31.5 Å². The SMILES string of the molecule is COc1ccc(C(C)=O)cc1CC(=O)Nc1ccc(S(=O)(=O)C(F)F)cc1. The van der Waals surface area contributed by atoms with Crippen molar-refractivity contribution in [3.8, 4) is 5.75 Å². The van der Waals surface area contributed by atoms with Crippen LogP contribution in [0, 0.1) is 0 Å². The summed E-state index contributed by atoms with van der Waals surface area (Å²) < 4.78 is 53.0. The molecule has 6 nitrogen and oxygen atoms in total. The maximum Gasteiger partial charge on any atom is 0.341 e. The molecule has 144 valence electrons. The molecule has 2 aromatic carbocycles. The summed E-state index contributed by atoms with van der Waals surface area (Å²) in [7, 11) is -3.25. The second-order valence-corrected chi connectivity index (χ2v) is 7.56. The first-order valence-electron chi connectivity index (χ1n) is 7.75. The van der Waals surface area contributed by atoms with Crippen LogP contribution in [0.1, 0.15) is 22.8 Å². The molecule has 1 amide bonds. The molecule has 0 heterocycles. The third kappa shape index (κ3) is 4.88. The molecule has 2 rings (SSSR count). The van der Waals surface area contributed by atoms with Gasteiger partial charge in [0.05, 0.1) is 18.4 Å². The van der Waals surface area contributed by atoms with Gasteiger partial charge in [-0.1, -0.05) is 0 Å². The van der Waals surface area contributed by atoms with Gasteiger partial charge in [-0.15, -0.1) is 0 Å². The van der Waals surface area contributed by atoms with Crippen molar-refractivity contribution >= 4 is 27.2 Å². The number of benzene rings is 2. The average Bonchev–Trinajstić information content (AvgIpc) is 2.61. The van der Waals surface area contributed by atoms with Gasteiger partial charge in [0.25, 0.3) is 0 Å². The zero-order chi connectivity index (χ0) is 20.2. The minimum absolute atomic E-state index is 0.0959. The summed E-state index contributed by atoms with van der Waals surface area (Å²) in [4.78, 5) is 23.2. The first-order valence-corrected chi connectivity index (χ1v) is 9.29. The van der Waals surface area contributed by atoms with Crippen molar-refractivity contribution in [3.05, 3.63) is 53.6 Å². The Morgan fingerprint density at radius 3 is 2.26 bits per heavy atom. The molecular weight excluding hydrogens is 380 g/mol. The number of amides is 1. The summed E-state index contributed by atoms with van der Waals surface area (Å²) in [6.07, 6.45) is -0.0959. The van der Waals surface area contributed by atoms with Crippen molar-refractivity contribution in [1.82, 2.24) is 0 Å². The van der Waals surface area contributed by atoms with Crippen LogP contribution >= 0.6 is 0 Å². The Kier molecular flexibility index (Phi) is 6.27. The highest BCUT2D eigenvalue weighted by molar-refractivity contribution is 7.91. The van der Waals surface area contributed by atoms with Gasteiger partial charge in [-0.05, 0) is 49.4 Å². The molecule has 0 spiro atoms. The number of nitrogens with one attached hydrogen (secondary N) is 1. The number of ether oxygens (including phenoxy) is 1. The number of hydrogen-bond acceptors (Lipinski definition) is 5. The van der Waals surface area contributed by atoms with E-state index in [0.717, 1.165) is 12.1 Å². The molecule has 0 saturated carbocycles. The molecular formula is C18H17F2NO5S. The number of Topliss-reactive ketones (excluding diaryl/α,β-unsaturated/α-hetero) is 1. The molecule has 9 heteroatoms. The van der Waals surface area contributed by atoms with Crippen molar-refractivity contribution in [2.24, 2.45) is 0 Å². The molecule has 1 N–H and O–H groups in total. The predicted molar refractivity (Wildman–Crippen MR) is 95.0 cm³/mol. The van der Waals surface area contributed by atoms with E-state index in [9.17, 15) is 26.8 Å². The molecule has 2 aromatic rings. The Morgan fingerprint density at radius 1 is 1.11 bits per heavy atom. The number of anilines is 1. The summed E-state index contributed by atoms with van der Waals surface area (Å²) in [6.45, 7) is 1.40. The zero-order valence-electron chi connectivity index (χ0n) is 14.5. The van der Waals surface area contributed by atoms with Crippen molar-refractivity contribution in [2.45, 2.75) is 24.0 Å². The van der Waals surface area contributed by atoms with E-state index in [-0.39, 0.29) is 17.9 Å². The van der Waals surface area contributed by atoms with Gasteiger partial charge in [-0.2, -0.15) is 8.78 Å². The van der Waals surface area contributed by atoms with E-state index in [1.165, 1.54) is 26.2 Å². The molecule has 0 fully saturated rings. The van der Waals surface area contributed by atoms with Crippen molar-refractivity contribution in [3.63, 3.8) is 0 Å². The molecule has 0 radical (unpaired) electrons. The van der Waals surface area contributed by atoms with E-state index in [1.807, 2.05) is 0 Å². The van der Waals surface area contributed by atoms with Gasteiger partial charge < -0.3 is 10.1 Å². The van der Waals surface area contributed by atoms with Crippen LogP contribution in [0.2, 0.25) is 0 Å². The minimum atomic E-state index is -4.69. The number of rotatable bonds is 7. The quantitative estimate of drug-likeness (QED) is 0.726. The van der Waals surface area contributed by atoms with Gasteiger partial charge in [0.15, 0.2) is 5.78 Å². The second-order valence-electron chi connectivity index (χ2n) is 5.64. The number of hydrogen-bond donors (Lipinski definition) is 1. The lowest BCUT2D eigenvalue weighted by atomic mass is 10.0. The number of carbonyl (C=O) groups is 2. The monoisotopic (exact) mass is 397 g/mol. The average molecular weight is 397 g/mol. The topological polar surface area (TPSA) is 89.5 Å². The highest BCUT2D eigenvalue weighted by Gasteiger charge is 2.26. The maximum absolute atomic E-state index is 12.5. The molecule has 0 aliphatic rings. The van der Waals surface area contributed by atoms with Gasteiger partial charge in [0.2, 0.25) is 15.7 Å². The fourth-order valence-corrected chi connectivity index (χ4v) is 3.07. The van der Waals surface area contributed by atoms with Gasteiger partial charge >= 0.3 is 5.76 Å². The van der Waals surface area contributed by atoms with Crippen molar-refractivity contribution in [2.75, 3.05) is 12.4 Å². The summed E-state index contributed by atoms with van der Waals surface area (Å²) in [5.74, 6) is -3.68. The Labute approximate surface area is 155 Å².